The average molecular weight is 461 g/mol. The lowest BCUT2D eigenvalue weighted by atomic mass is 9.73. The number of carboxylic acid groups (broad SMARTS) is 1. The van der Waals surface area contributed by atoms with Crippen LogP contribution < -0.4 is 0 Å². The van der Waals surface area contributed by atoms with Crippen LogP contribution in [0, 0.1) is 11.8 Å². The van der Waals surface area contributed by atoms with Gasteiger partial charge in [-0.3, -0.25) is 14.7 Å². The van der Waals surface area contributed by atoms with E-state index in [-0.39, 0.29) is 11.7 Å². The number of aromatic nitrogens is 1. The molecule has 2 aromatic carbocycles. The number of aliphatic hydroxyl groups is 1. The molecule has 2 heterocycles. The summed E-state index contributed by atoms with van der Waals surface area (Å²) in [6.07, 6.45) is 5.13. The highest BCUT2D eigenvalue weighted by molar-refractivity contribution is 5.83. The highest BCUT2D eigenvalue weighted by Gasteiger charge is 2.41. The molecular weight excluding hydrogens is 428 g/mol. The van der Waals surface area contributed by atoms with E-state index in [9.17, 15) is 20.1 Å². The molecule has 0 radical (unpaired) electrons. The molecule has 3 atom stereocenters. The Labute approximate surface area is 199 Å². The van der Waals surface area contributed by atoms with E-state index in [0.29, 0.717) is 31.3 Å². The first-order chi connectivity index (χ1) is 16.5. The van der Waals surface area contributed by atoms with Gasteiger partial charge >= 0.3 is 5.97 Å². The van der Waals surface area contributed by atoms with Crippen LogP contribution >= 0.6 is 0 Å². The summed E-state index contributed by atoms with van der Waals surface area (Å²) in [7, 11) is 0. The van der Waals surface area contributed by atoms with Gasteiger partial charge in [-0.25, -0.2) is 0 Å². The molecule has 2 fully saturated rings. The molecule has 3 N–H and O–H groups in total. The van der Waals surface area contributed by atoms with Crippen molar-refractivity contribution in [3.63, 3.8) is 0 Å². The van der Waals surface area contributed by atoms with E-state index in [0.717, 1.165) is 42.3 Å². The molecular formula is C28H32N2O4. The van der Waals surface area contributed by atoms with Crippen molar-refractivity contribution in [1.29, 1.82) is 0 Å². The van der Waals surface area contributed by atoms with Crippen LogP contribution in [0.25, 0.3) is 10.9 Å². The van der Waals surface area contributed by atoms with E-state index in [1.165, 1.54) is 5.56 Å². The number of pyridine rings is 1. The third kappa shape index (κ3) is 4.65. The predicted octanol–water partition coefficient (Wildman–Crippen LogP) is 4.72. The Kier molecular flexibility index (Phi) is 6.53. The number of hydrogen-bond acceptors (Lipinski definition) is 5. The smallest absolute Gasteiger partial charge is 0.308 e. The first kappa shape index (κ1) is 22.8. The number of nitrogens with zero attached hydrogens (tertiary/aromatic N) is 2. The van der Waals surface area contributed by atoms with Gasteiger partial charge in [0.05, 0.1) is 17.5 Å². The van der Waals surface area contributed by atoms with Crippen molar-refractivity contribution in [2.24, 2.45) is 11.8 Å². The first-order valence-electron chi connectivity index (χ1n) is 12.3. The van der Waals surface area contributed by atoms with E-state index in [4.69, 9.17) is 0 Å². The van der Waals surface area contributed by atoms with Gasteiger partial charge in [0, 0.05) is 24.2 Å². The molecule has 2 aliphatic rings. The molecule has 1 saturated heterocycles. The van der Waals surface area contributed by atoms with Gasteiger partial charge in [-0.05, 0) is 85.9 Å². The average Bonchev–Trinajstić information content (AvgIpc) is 2.82. The van der Waals surface area contributed by atoms with Crippen LogP contribution in [0.15, 0.2) is 60.8 Å². The molecule has 0 spiro atoms. The summed E-state index contributed by atoms with van der Waals surface area (Å²) in [6, 6.07) is 17.8. The van der Waals surface area contributed by atoms with Gasteiger partial charge in [0.25, 0.3) is 0 Å². The van der Waals surface area contributed by atoms with Gasteiger partial charge < -0.3 is 15.3 Å². The van der Waals surface area contributed by atoms with Crippen molar-refractivity contribution in [2.45, 2.75) is 50.2 Å². The molecule has 1 unspecified atom stereocenters. The van der Waals surface area contributed by atoms with E-state index in [2.05, 4.69) is 34.1 Å². The zero-order chi connectivity index (χ0) is 23.7. The number of hydrogen-bond donors (Lipinski definition) is 3. The number of carbonyl (C=O) groups is 1. The predicted molar refractivity (Wildman–Crippen MR) is 131 cm³/mol. The fourth-order valence-electron chi connectivity index (χ4n) is 5.84. The number of phenols is 1. The van der Waals surface area contributed by atoms with Crippen molar-refractivity contribution in [2.75, 3.05) is 13.1 Å². The Balaban J connectivity index is 1.19. The zero-order valence-corrected chi connectivity index (χ0v) is 19.3. The van der Waals surface area contributed by atoms with Crippen LogP contribution in [-0.2, 0) is 4.79 Å². The standard InChI is InChI=1S/C28H32N2O4/c31-22-7-8-26-24(16-22)23(10-12-29-26)27(32)9-6-19-11-13-30(17-25(19)28(33)34)21-14-20(15-21)18-4-2-1-3-5-18/h1-5,7-8,10,12,16,19-21,25,27,31-32H,6,9,11,13-15,17H2,(H,33,34)/t19-,20?,21?,25+,27?/m1/s1. The molecule has 1 saturated carbocycles. The molecule has 6 nitrogen and oxygen atoms in total. The third-order valence-corrected chi connectivity index (χ3v) is 7.93. The fraction of sp³-hybridized carbons (Fsp3) is 0.429. The third-order valence-electron chi connectivity index (χ3n) is 7.93. The van der Waals surface area contributed by atoms with Gasteiger partial charge in [-0.2, -0.15) is 0 Å². The quantitative estimate of drug-likeness (QED) is 0.472. The topological polar surface area (TPSA) is 93.9 Å². The molecule has 5 rings (SSSR count). The molecule has 178 valence electrons. The number of rotatable bonds is 7. The number of benzene rings is 2. The number of aromatic hydroxyl groups is 1. The van der Waals surface area contributed by atoms with Crippen LogP contribution in [-0.4, -0.2) is 50.3 Å². The second-order valence-corrected chi connectivity index (χ2v) is 9.92. The first-order valence-corrected chi connectivity index (χ1v) is 12.3. The second-order valence-electron chi connectivity index (χ2n) is 9.92. The van der Waals surface area contributed by atoms with Gasteiger partial charge in [0.2, 0.25) is 0 Å². The Bertz CT molecular complexity index is 1150. The van der Waals surface area contributed by atoms with E-state index < -0.39 is 18.0 Å². The highest BCUT2D eigenvalue weighted by atomic mass is 16.4. The summed E-state index contributed by atoms with van der Waals surface area (Å²) >= 11 is 0. The lowest BCUT2D eigenvalue weighted by molar-refractivity contribution is -0.147. The maximum atomic E-state index is 12.1. The minimum absolute atomic E-state index is 0.0508. The zero-order valence-electron chi connectivity index (χ0n) is 19.3. The second kappa shape index (κ2) is 9.72. The number of fused-ring (bicyclic) bond motifs is 1. The molecule has 3 aromatic rings. The normalized spacial score (nSPS) is 26.1. The molecule has 34 heavy (non-hydrogen) atoms. The van der Waals surface area contributed by atoms with Crippen molar-refractivity contribution < 1.29 is 20.1 Å². The highest BCUT2D eigenvalue weighted by Crippen LogP contribution is 2.42. The maximum Gasteiger partial charge on any atom is 0.308 e. The van der Waals surface area contributed by atoms with Crippen molar-refractivity contribution in [1.82, 2.24) is 9.88 Å². The lowest BCUT2D eigenvalue weighted by Gasteiger charge is -2.47. The minimum atomic E-state index is -0.734. The summed E-state index contributed by atoms with van der Waals surface area (Å²) in [5, 5.41) is 31.5. The SMILES string of the molecule is O=C(O)[C@H]1CN(C2CC(c3ccccc3)C2)CC[C@H]1CCC(O)c1ccnc2ccc(O)cc12. The number of piperidine rings is 1. The summed E-state index contributed by atoms with van der Waals surface area (Å²) in [4.78, 5) is 18.8. The van der Waals surface area contributed by atoms with Crippen molar-refractivity contribution in [3.8, 4) is 5.75 Å². The maximum absolute atomic E-state index is 12.1. The Morgan fingerprint density at radius 2 is 1.91 bits per heavy atom. The summed E-state index contributed by atoms with van der Waals surface area (Å²) in [5.41, 5.74) is 2.83. The van der Waals surface area contributed by atoms with Crippen LogP contribution in [0.1, 0.15) is 55.3 Å². The van der Waals surface area contributed by atoms with Crippen molar-refractivity contribution >= 4 is 16.9 Å². The summed E-state index contributed by atoms with van der Waals surface area (Å²) in [5.74, 6) is -0.373. The monoisotopic (exact) mass is 460 g/mol. The molecule has 0 amide bonds. The minimum Gasteiger partial charge on any atom is -0.508 e. The number of aliphatic carboxylic acids is 1. The van der Waals surface area contributed by atoms with Crippen LogP contribution in [0.5, 0.6) is 5.75 Å². The number of aliphatic hydroxyl groups excluding tert-OH is 1. The Hall–Kier alpha value is -2.96. The van der Waals surface area contributed by atoms with Gasteiger partial charge in [-0.1, -0.05) is 30.3 Å². The number of phenolic OH excluding ortho intramolecular Hbond substituents is 1. The number of likely N-dealkylation sites (tertiary alicyclic amines) is 1. The van der Waals surface area contributed by atoms with Crippen molar-refractivity contribution in [3.05, 3.63) is 71.9 Å². The van der Waals surface area contributed by atoms with E-state index >= 15 is 0 Å². The van der Waals surface area contributed by atoms with Gasteiger partial charge in [0.15, 0.2) is 0 Å². The van der Waals surface area contributed by atoms with Crippen LogP contribution in [0.3, 0.4) is 0 Å². The summed E-state index contributed by atoms with van der Waals surface area (Å²) < 4.78 is 0. The van der Waals surface area contributed by atoms with Crippen LogP contribution in [0.4, 0.5) is 0 Å². The Morgan fingerprint density at radius 3 is 2.68 bits per heavy atom. The number of carboxylic acids is 1. The fourth-order valence-corrected chi connectivity index (χ4v) is 5.84. The summed E-state index contributed by atoms with van der Waals surface area (Å²) in [6.45, 7) is 1.51. The van der Waals surface area contributed by atoms with Gasteiger partial charge in [-0.15, -0.1) is 0 Å². The molecule has 0 bridgehead atoms. The molecule has 6 heteroatoms. The van der Waals surface area contributed by atoms with Crippen LogP contribution in [0.2, 0.25) is 0 Å². The largest absolute Gasteiger partial charge is 0.508 e. The Morgan fingerprint density at radius 1 is 1.12 bits per heavy atom. The van der Waals surface area contributed by atoms with E-state index in [1.54, 1.807) is 30.5 Å². The molecule has 1 aliphatic carbocycles. The molecule has 1 aliphatic heterocycles. The van der Waals surface area contributed by atoms with E-state index in [1.807, 2.05) is 6.07 Å². The molecule has 1 aromatic heterocycles. The van der Waals surface area contributed by atoms with Gasteiger partial charge in [0.1, 0.15) is 5.75 Å². The lowest BCUT2D eigenvalue weighted by Crippen LogP contribution is -2.52.